The summed E-state index contributed by atoms with van der Waals surface area (Å²) in [7, 11) is -9.91. The van der Waals surface area contributed by atoms with Crippen LogP contribution in [0.4, 0.5) is 0 Å². The van der Waals surface area contributed by atoms with Gasteiger partial charge in [-0.05, 0) is 37.5 Å². The standard InChI is InChI=1S/C75H146O17P2/c1-7-9-11-13-15-17-26-35-41-47-53-59-74(79)91-70(63-85-72(77)57-51-45-39-33-18-16-14-12-10-8-2)65-89-93(81,82)87-61-69(76)62-88-94(83,84)90-66-71(64-86-73(78)58-52-46-40-34-29-25-24-28-32-38-44-50-56-68(5)6)92-75(80)60-54-48-42-36-30-23-21-19-20-22-27-31-37-43-49-55-67(3)4/h67-71,76H,7-66H2,1-6H3,(H,81,82)(H,83,84)/t69-,70+,71+/m0/s1. The molecule has 0 aromatic rings. The average Bonchev–Trinajstić information content (AvgIpc) is 1.27. The molecule has 0 aromatic heterocycles. The van der Waals surface area contributed by atoms with Gasteiger partial charge >= 0.3 is 39.5 Å². The lowest BCUT2D eigenvalue weighted by molar-refractivity contribution is -0.161. The highest BCUT2D eigenvalue weighted by Crippen LogP contribution is 2.45. The van der Waals surface area contributed by atoms with Crippen molar-refractivity contribution in [1.82, 2.24) is 0 Å². The molecule has 0 amide bonds. The zero-order chi connectivity index (χ0) is 69.3. The van der Waals surface area contributed by atoms with E-state index >= 15 is 0 Å². The number of ether oxygens (including phenoxy) is 4. The van der Waals surface area contributed by atoms with E-state index in [0.29, 0.717) is 25.7 Å². The van der Waals surface area contributed by atoms with Gasteiger partial charge in [-0.25, -0.2) is 9.13 Å². The van der Waals surface area contributed by atoms with Crippen molar-refractivity contribution in [3.8, 4) is 0 Å². The lowest BCUT2D eigenvalue weighted by Gasteiger charge is -2.21. The number of hydrogen-bond acceptors (Lipinski definition) is 15. The van der Waals surface area contributed by atoms with Gasteiger partial charge in [-0.15, -0.1) is 0 Å². The fourth-order valence-electron chi connectivity index (χ4n) is 11.5. The van der Waals surface area contributed by atoms with Gasteiger partial charge in [0.15, 0.2) is 12.2 Å². The van der Waals surface area contributed by atoms with Gasteiger partial charge in [0, 0.05) is 25.7 Å². The molecule has 0 aliphatic carbocycles. The summed E-state index contributed by atoms with van der Waals surface area (Å²) in [6, 6.07) is 0. The van der Waals surface area contributed by atoms with Crippen LogP contribution >= 0.6 is 15.6 Å². The minimum absolute atomic E-state index is 0.107. The molecule has 0 aromatic carbocycles. The van der Waals surface area contributed by atoms with Crippen molar-refractivity contribution < 1.29 is 80.2 Å². The van der Waals surface area contributed by atoms with Gasteiger partial charge in [-0.2, -0.15) is 0 Å². The minimum Gasteiger partial charge on any atom is -0.462 e. The molecule has 0 saturated heterocycles. The smallest absolute Gasteiger partial charge is 0.462 e. The molecule has 3 N–H and O–H groups in total. The van der Waals surface area contributed by atoms with Crippen LogP contribution in [0.1, 0.15) is 388 Å². The fourth-order valence-corrected chi connectivity index (χ4v) is 13.1. The van der Waals surface area contributed by atoms with Crippen LogP contribution in [-0.2, 0) is 65.4 Å². The van der Waals surface area contributed by atoms with Crippen LogP contribution in [0.15, 0.2) is 0 Å². The second-order valence-electron chi connectivity index (χ2n) is 28.0. The Morgan fingerprint density at radius 3 is 0.723 bits per heavy atom. The Morgan fingerprint density at radius 1 is 0.287 bits per heavy atom. The van der Waals surface area contributed by atoms with Crippen LogP contribution in [0.25, 0.3) is 0 Å². The predicted octanol–water partition coefficient (Wildman–Crippen LogP) is 21.9. The topological polar surface area (TPSA) is 237 Å². The second-order valence-corrected chi connectivity index (χ2v) is 30.9. The van der Waals surface area contributed by atoms with E-state index in [9.17, 15) is 43.2 Å². The van der Waals surface area contributed by atoms with Gasteiger partial charge in [0.25, 0.3) is 0 Å². The molecule has 19 heteroatoms. The summed E-state index contributed by atoms with van der Waals surface area (Å²) in [5, 5.41) is 10.6. The van der Waals surface area contributed by atoms with Crippen molar-refractivity contribution in [2.75, 3.05) is 39.6 Å². The number of phosphoric ester groups is 2. The molecule has 0 rings (SSSR count). The number of esters is 4. The molecular weight excluding hydrogens is 1230 g/mol. The molecule has 0 bridgehead atoms. The second kappa shape index (κ2) is 66.9. The highest BCUT2D eigenvalue weighted by molar-refractivity contribution is 7.47. The van der Waals surface area contributed by atoms with Crippen LogP contribution in [0.5, 0.6) is 0 Å². The fraction of sp³-hybridized carbons (Fsp3) is 0.947. The van der Waals surface area contributed by atoms with E-state index < -0.39 is 97.5 Å². The first-order valence-electron chi connectivity index (χ1n) is 39.0. The van der Waals surface area contributed by atoms with Gasteiger partial charge in [-0.1, -0.05) is 337 Å². The van der Waals surface area contributed by atoms with Crippen molar-refractivity contribution >= 4 is 39.5 Å². The van der Waals surface area contributed by atoms with E-state index in [1.807, 2.05) is 0 Å². The van der Waals surface area contributed by atoms with Crippen molar-refractivity contribution in [2.45, 2.75) is 407 Å². The maximum atomic E-state index is 13.1. The third kappa shape index (κ3) is 68.6. The van der Waals surface area contributed by atoms with Crippen LogP contribution < -0.4 is 0 Å². The molecule has 0 radical (unpaired) electrons. The number of rotatable bonds is 74. The number of carbonyl (C=O) groups excluding carboxylic acids is 4. The number of aliphatic hydroxyl groups excluding tert-OH is 1. The van der Waals surface area contributed by atoms with Gasteiger partial charge in [-0.3, -0.25) is 37.3 Å². The minimum atomic E-state index is -4.96. The Balaban J connectivity index is 5.23. The van der Waals surface area contributed by atoms with E-state index in [-0.39, 0.29) is 25.7 Å². The highest BCUT2D eigenvalue weighted by Gasteiger charge is 2.30. The quantitative estimate of drug-likeness (QED) is 0.0222. The molecular formula is C75H146O17P2. The summed E-state index contributed by atoms with van der Waals surface area (Å²) in [6.45, 7) is 9.62. The number of aliphatic hydroxyl groups is 1. The van der Waals surface area contributed by atoms with E-state index in [4.69, 9.17) is 37.0 Å². The first kappa shape index (κ1) is 92.1. The van der Waals surface area contributed by atoms with E-state index in [1.165, 1.54) is 205 Å². The zero-order valence-electron chi connectivity index (χ0n) is 61.3. The Hall–Kier alpha value is -1.94. The maximum absolute atomic E-state index is 13.1. The number of unbranched alkanes of at least 4 members (excludes halogenated alkanes) is 44. The summed E-state index contributed by atoms with van der Waals surface area (Å²) < 4.78 is 68.5. The largest absolute Gasteiger partial charge is 0.472 e. The molecule has 0 aliphatic rings. The Morgan fingerprint density at radius 2 is 0.489 bits per heavy atom. The van der Waals surface area contributed by atoms with Crippen LogP contribution in [0.3, 0.4) is 0 Å². The van der Waals surface area contributed by atoms with Gasteiger partial charge < -0.3 is 33.8 Å². The first-order chi connectivity index (χ1) is 45.4. The molecule has 0 spiro atoms. The van der Waals surface area contributed by atoms with Crippen molar-refractivity contribution in [1.29, 1.82) is 0 Å². The number of carbonyl (C=O) groups is 4. The van der Waals surface area contributed by atoms with Crippen molar-refractivity contribution in [2.24, 2.45) is 11.8 Å². The van der Waals surface area contributed by atoms with Gasteiger partial charge in [0.2, 0.25) is 0 Å². The molecule has 94 heavy (non-hydrogen) atoms. The normalized spacial score (nSPS) is 14.0. The number of hydrogen-bond donors (Lipinski definition) is 3. The molecule has 0 aliphatic heterocycles. The lowest BCUT2D eigenvalue weighted by Crippen LogP contribution is -2.30. The summed E-state index contributed by atoms with van der Waals surface area (Å²) in [4.78, 5) is 72.7. The Bertz CT molecular complexity index is 1820. The van der Waals surface area contributed by atoms with E-state index in [2.05, 4.69) is 41.5 Å². The Kier molecular flexibility index (Phi) is 65.5. The van der Waals surface area contributed by atoms with Gasteiger partial charge in [0.1, 0.15) is 19.3 Å². The molecule has 0 heterocycles. The molecule has 17 nitrogen and oxygen atoms in total. The summed E-state index contributed by atoms with van der Waals surface area (Å²) >= 11 is 0. The van der Waals surface area contributed by atoms with Crippen molar-refractivity contribution in [3.05, 3.63) is 0 Å². The Labute approximate surface area is 575 Å². The summed E-state index contributed by atoms with van der Waals surface area (Å²) in [5.74, 6) is -0.531. The first-order valence-corrected chi connectivity index (χ1v) is 42.0. The number of phosphoric acid groups is 2. The van der Waals surface area contributed by atoms with Crippen LogP contribution in [0, 0.1) is 11.8 Å². The van der Waals surface area contributed by atoms with E-state index in [0.717, 1.165) is 102 Å². The highest BCUT2D eigenvalue weighted by atomic mass is 31.2. The SMILES string of the molecule is CCCCCCCCCCCCCC(=O)O[C@H](COC(=O)CCCCCCCCCCCC)COP(=O)(O)OC[C@H](O)COP(=O)(O)OC[C@@H](COC(=O)CCCCCCCCCCCCCCC(C)C)OC(=O)CCCCCCCCCCCCCCCCCC(C)C. The van der Waals surface area contributed by atoms with Gasteiger partial charge in [0.05, 0.1) is 26.4 Å². The molecule has 0 saturated carbocycles. The van der Waals surface area contributed by atoms with Crippen LogP contribution in [0.2, 0.25) is 0 Å². The maximum Gasteiger partial charge on any atom is 0.472 e. The third-order valence-corrected chi connectivity index (χ3v) is 19.4. The zero-order valence-corrected chi connectivity index (χ0v) is 63.1. The van der Waals surface area contributed by atoms with Crippen LogP contribution in [-0.4, -0.2) is 96.7 Å². The van der Waals surface area contributed by atoms with Crippen molar-refractivity contribution in [3.63, 3.8) is 0 Å². The summed E-state index contributed by atoms with van der Waals surface area (Å²) in [6.07, 6.45) is 54.0. The molecule has 2 unspecified atom stereocenters. The van der Waals surface area contributed by atoms with E-state index in [1.54, 1.807) is 0 Å². The summed E-state index contributed by atoms with van der Waals surface area (Å²) in [5.41, 5.74) is 0. The monoisotopic (exact) mass is 1380 g/mol. The average molecular weight is 1380 g/mol. The molecule has 5 atom stereocenters. The predicted molar refractivity (Wildman–Crippen MR) is 381 cm³/mol. The lowest BCUT2D eigenvalue weighted by atomic mass is 10.0. The molecule has 0 fully saturated rings. The third-order valence-electron chi connectivity index (χ3n) is 17.5. The molecule has 558 valence electrons.